The largest absolute Gasteiger partial charge is 0.471 e. The molecule has 15 heavy (non-hydrogen) atoms. The summed E-state index contributed by atoms with van der Waals surface area (Å²) in [6.07, 6.45) is 1.60. The van der Waals surface area contributed by atoms with Gasteiger partial charge in [0.1, 0.15) is 6.10 Å². The van der Waals surface area contributed by atoms with Gasteiger partial charge in [-0.25, -0.2) is 4.98 Å². The molecule has 1 aromatic heterocycles. The highest BCUT2D eigenvalue weighted by Crippen LogP contribution is 2.23. The summed E-state index contributed by atoms with van der Waals surface area (Å²) in [6.45, 7) is 2.43. The Labute approximate surface area is 97.3 Å². The van der Waals surface area contributed by atoms with Crippen LogP contribution in [0.1, 0.15) is 6.92 Å². The quantitative estimate of drug-likeness (QED) is 0.887. The third-order valence-corrected chi connectivity index (χ3v) is 2.19. The zero-order chi connectivity index (χ0) is 11.3. The Bertz CT molecular complexity index is 322. The number of anilines is 1. The predicted molar refractivity (Wildman–Crippen MR) is 61.2 cm³/mol. The van der Waals surface area contributed by atoms with Gasteiger partial charge in [0.2, 0.25) is 11.8 Å². The standard InChI is InChI=1S/C9H14BrN3O2/c1-6(5-14-3)15-8-7(10)4-12-9(11-2)13-8/h4,6H,5H2,1-3H3,(H,11,12,13). The fourth-order valence-corrected chi connectivity index (χ4v) is 1.30. The maximum Gasteiger partial charge on any atom is 0.233 e. The minimum absolute atomic E-state index is 0.0501. The summed E-state index contributed by atoms with van der Waals surface area (Å²) in [5.41, 5.74) is 0. The van der Waals surface area contributed by atoms with Gasteiger partial charge < -0.3 is 14.8 Å². The molecule has 0 bridgehead atoms. The molecular weight excluding hydrogens is 262 g/mol. The van der Waals surface area contributed by atoms with E-state index in [0.29, 0.717) is 18.4 Å². The van der Waals surface area contributed by atoms with E-state index in [0.717, 1.165) is 4.47 Å². The van der Waals surface area contributed by atoms with Gasteiger partial charge >= 0.3 is 0 Å². The first-order valence-corrected chi connectivity index (χ1v) is 5.32. The lowest BCUT2D eigenvalue weighted by molar-refractivity contribution is 0.0884. The first-order valence-electron chi connectivity index (χ1n) is 4.53. The van der Waals surface area contributed by atoms with Crippen LogP contribution in [0.4, 0.5) is 5.95 Å². The van der Waals surface area contributed by atoms with Crippen LogP contribution < -0.4 is 10.1 Å². The van der Waals surface area contributed by atoms with E-state index in [1.165, 1.54) is 0 Å². The van der Waals surface area contributed by atoms with Crippen LogP contribution in [0, 0.1) is 0 Å². The van der Waals surface area contributed by atoms with Crippen LogP contribution >= 0.6 is 15.9 Å². The van der Waals surface area contributed by atoms with E-state index in [-0.39, 0.29) is 6.10 Å². The summed E-state index contributed by atoms with van der Waals surface area (Å²) in [5.74, 6) is 1.04. The number of methoxy groups -OCH3 is 1. The molecule has 1 aromatic rings. The van der Waals surface area contributed by atoms with Gasteiger partial charge in [0, 0.05) is 14.2 Å². The molecule has 84 valence electrons. The van der Waals surface area contributed by atoms with E-state index >= 15 is 0 Å². The third-order valence-electron chi connectivity index (χ3n) is 1.65. The lowest BCUT2D eigenvalue weighted by Gasteiger charge is -2.14. The number of hydrogen-bond donors (Lipinski definition) is 1. The van der Waals surface area contributed by atoms with Crippen molar-refractivity contribution in [2.75, 3.05) is 26.1 Å². The van der Waals surface area contributed by atoms with Crippen molar-refractivity contribution in [2.45, 2.75) is 13.0 Å². The van der Waals surface area contributed by atoms with Crippen molar-refractivity contribution in [1.82, 2.24) is 9.97 Å². The topological polar surface area (TPSA) is 56.3 Å². The van der Waals surface area contributed by atoms with E-state index in [1.807, 2.05) is 6.92 Å². The summed E-state index contributed by atoms with van der Waals surface area (Å²) < 4.78 is 11.3. The van der Waals surface area contributed by atoms with Gasteiger partial charge in [-0.05, 0) is 22.9 Å². The summed E-state index contributed by atoms with van der Waals surface area (Å²) in [7, 11) is 3.39. The molecule has 5 nitrogen and oxygen atoms in total. The highest BCUT2D eigenvalue weighted by molar-refractivity contribution is 9.10. The molecular formula is C9H14BrN3O2. The zero-order valence-corrected chi connectivity index (χ0v) is 10.5. The maximum absolute atomic E-state index is 5.57. The first-order chi connectivity index (χ1) is 7.17. The van der Waals surface area contributed by atoms with Crippen molar-refractivity contribution in [3.8, 4) is 5.88 Å². The molecule has 1 atom stereocenters. The molecule has 0 saturated heterocycles. The molecule has 1 rings (SSSR count). The van der Waals surface area contributed by atoms with E-state index in [9.17, 15) is 0 Å². The highest BCUT2D eigenvalue weighted by Gasteiger charge is 2.09. The van der Waals surface area contributed by atoms with Crippen LogP contribution in [0.15, 0.2) is 10.7 Å². The van der Waals surface area contributed by atoms with Gasteiger partial charge in [-0.3, -0.25) is 0 Å². The number of hydrogen-bond acceptors (Lipinski definition) is 5. The minimum Gasteiger partial charge on any atom is -0.471 e. The Hall–Kier alpha value is -0.880. The Balaban J connectivity index is 2.74. The normalized spacial score (nSPS) is 12.3. The maximum atomic E-state index is 5.57. The summed E-state index contributed by atoms with van der Waals surface area (Å²) in [5, 5.41) is 2.85. The lowest BCUT2D eigenvalue weighted by Crippen LogP contribution is -2.19. The molecule has 0 saturated carbocycles. The van der Waals surface area contributed by atoms with Crippen LogP contribution in [-0.4, -0.2) is 36.8 Å². The fourth-order valence-electron chi connectivity index (χ4n) is 1.01. The van der Waals surface area contributed by atoms with Gasteiger partial charge in [-0.2, -0.15) is 4.98 Å². The molecule has 0 aromatic carbocycles. The van der Waals surface area contributed by atoms with Crippen molar-refractivity contribution >= 4 is 21.9 Å². The predicted octanol–water partition coefficient (Wildman–Crippen LogP) is 1.69. The molecule has 1 N–H and O–H groups in total. The van der Waals surface area contributed by atoms with Crippen LogP contribution in [0.2, 0.25) is 0 Å². The minimum atomic E-state index is -0.0501. The average molecular weight is 276 g/mol. The molecule has 0 radical (unpaired) electrons. The smallest absolute Gasteiger partial charge is 0.233 e. The van der Waals surface area contributed by atoms with Gasteiger partial charge in [-0.1, -0.05) is 0 Å². The summed E-state index contributed by atoms with van der Waals surface area (Å²) >= 11 is 3.32. The van der Waals surface area contributed by atoms with Crippen molar-refractivity contribution in [1.29, 1.82) is 0 Å². The van der Waals surface area contributed by atoms with Crippen LogP contribution in [-0.2, 0) is 4.74 Å². The molecule has 0 spiro atoms. The van der Waals surface area contributed by atoms with Crippen molar-refractivity contribution in [3.05, 3.63) is 10.7 Å². The Morgan fingerprint density at radius 1 is 1.60 bits per heavy atom. The van der Waals surface area contributed by atoms with E-state index in [4.69, 9.17) is 9.47 Å². The number of nitrogens with one attached hydrogen (secondary N) is 1. The molecule has 0 fully saturated rings. The molecule has 1 unspecified atom stereocenters. The molecule has 6 heteroatoms. The number of halogens is 1. The van der Waals surface area contributed by atoms with Crippen LogP contribution in [0.3, 0.4) is 0 Å². The highest BCUT2D eigenvalue weighted by atomic mass is 79.9. The molecule has 1 heterocycles. The second-order valence-corrected chi connectivity index (χ2v) is 3.83. The van der Waals surface area contributed by atoms with E-state index in [1.54, 1.807) is 20.4 Å². The SMILES string of the molecule is CNc1ncc(Br)c(OC(C)COC)n1. The Morgan fingerprint density at radius 3 is 2.93 bits per heavy atom. The summed E-state index contributed by atoms with van der Waals surface area (Å²) in [6, 6.07) is 0. The lowest BCUT2D eigenvalue weighted by atomic mass is 10.4. The molecule has 0 aliphatic carbocycles. The van der Waals surface area contributed by atoms with Crippen LogP contribution in [0.5, 0.6) is 5.88 Å². The van der Waals surface area contributed by atoms with Gasteiger partial charge in [0.05, 0.1) is 17.3 Å². The van der Waals surface area contributed by atoms with Crippen molar-refractivity contribution in [3.63, 3.8) is 0 Å². The number of ether oxygens (including phenoxy) is 2. The Kier molecular flexibility index (Phi) is 4.77. The fraction of sp³-hybridized carbons (Fsp3) is 0.556. The molecule has 0 aliphatic heterocycles. The summed E-state index contributed by atoms with van der Waals surface area (Å²) in [4.78, 5) is 8.20. The first kappa shape index (κ1) is 12.2. The zero-order valence-electron chi connectivity index (χ0n) is 8.95. The van der Waals surface area contributed by atoms with Crippen molar-refractivity contribution < 1.29 is 9.47 Å². The second kappa shape index (κ2) is 5.87. The number of nitrogens with zero attached hydrogens (tertiary/aromatic N) is 2. The molecule has 0 amide bonds. The van der Waals surface area contributed by atoms with E-state index in [2.05, 4.69) is 31.2 Å². The van der Waals surface area contributed by atoms with E-state index < -0.39 is 0 Å². The Morgan fingerprint density at radius 2 is 2.33 bits per heavy atom. The third kappa shape index (κ3) is 3.64. The van der Waals surface area contributed by atoms with Gasteiger partial charge in [0.25, 0.3) is 0 Å². The van der Waals surface area contributed by atoms with Gasteiger partial charge in [-0.15, -0.1) is 0 Å². The monoisotopic (exact) mass is 275 g/mol. The number of aromatic nitrogens is 2. The van der Waals surface area contributed by atoms with Crippen molar-refractivity contribution in [2.24, 2.45) is 0 Å². The molecule has 0 aliphatic rings. The van der Waals surface area contributed by atoms with Crippen LogP contribution in [0.25, 0.3) is 0 Å². The second-order valence-electron chi connectivity index (χ2n) is 2.98. The van der Waals surface area contributed by atoms with Gasteiger partial charge in [0.15, 0.2) is 0 Å². The number of rotatable bonds is 5. The average Bonchev–Trinajstić information content (AvgIpc) is 2.21.